The van der Waals surface area contributed by atoms with Crippen LogP contribution in [-0.2, 0) is 0 Å². The number of alkyl halides is 2. The van der Waals surface area contributed by atoms with Gasteiger partial charge in [-0.05, 0) is 44.5 Å². The van der Waals surface area contributed by atoms with E-state index in [9.17, 15) is 0 Å². The summed E-state index contributed by atoms with van der Waals surface area (Å²) in [7, 11) is 0. The van der Waals surface area contributed by atoms with E-state index in [2.05, 4.69) is 56.6 Å². The minimum Gasteiger partial charge on any atom is -0.494 e. The number of hydrogen-bond acceptors (Lipinski definition) is 3. The summed E-state index contributed by atoms with van der Waals surface area (Å²) in [6.07, 6.45) is 1.07. The van der Waals surface area contributed by atoms with Crippen LogP contribution < -0.4 is 15.6 Å². The van der Waals surface area contributed by atoms with Crippen molar-refractivity contribution in [2.75, 3.05) is 12.0 Å². The van der Waals surface area contributed by atoms with Gasteiger partial charge in [-0.15, -0.1) is 0 Å². The molecule has 0 bridgehead atoms. The molecule has 108 valence electrons. The first-order valence-electron chi connectivity index (χ1n) is 6.55. The highest BCUT2D eigenvalue weighted by atomic mass is 79.9. The number of hydrogen-bond donors (Lipinski definition) is 2. The van der Waals surface area contributed by atoms with Crippen LogP contribution in [0.1, 0.15) is 27.2 Å². The summed E-state index contributed by atoms with van der Waals surface area (Å²) < 4.78 is 5.41. The van der Waals surface area contributed by atoms with Crippen molar-refractivity contribution in [2.24, 2.45) is 0 Å². The van der Waals surface area contributed by atoms with Gasteiger partial charge in [-0.25, -0.2) is 5.43 Å². The van der Waals surface area contributed by atoms with Crippen molar-refractivity contribution in [3.05, 3.63) is 24.3 Å². The number of anilines is 1. The Hall–Kier alpha value is -0.260. The standard InChI is InChI=1S/C14H22Br2N2O/c1-4-19-13-7-5-12(6-8-13)18-17-11(3)14(16)9-10(2)15/h5-8,10-11,14,17-18H,4,9H2,1-3H3. The monoisotopic (exact) mass is 392 g/mol. The highest BCUT2D eigenvalue weighted by Crippen LogP contribution is 2.18. The van der Waals surface area contributed by atoms with Gasteiger partial charge in [0.15, 0.2) is 0 Å². The van der Waals surface area contributed by atoms with Gasteiger partial charge in [0.05, 0.1) is 6.61 Å². The maximum absolute atomic E-state index is 5.41. The summed E-state index contributed by atoms with van der Waals surface area (Å²) in [6.45, 7) is 6.98. The Labute approximate surface area is 132 Å². The van der Waals surface area contributed by atoms with Crippen molar-refractivity contribution in [1.29, 1.82) is 0 Å². The number of benzene rings is 1. The van der Waals surface area contributed by atoms with Gasteiger partial charge in [-0.2, -0.15) is 0 Å². The highest BCUT2D eigenvalue weighted by molar-refractivity contribution is 9.10. The lowest BCUT2D eigenvalue weighted by Gasteiger charge is -2.22. The van der Waals surface area contributed by atoms with E-state index in [1.807, 2.05) is 31.2 Å². The molecular weight excluding hydrogens is 372 g/mol. The fourth-order valence-electron chi connectivity index (χ4n) is 1.60. The van der Waals surface area contributed by atoms with Crippen molar-refractivity contribution in [3.63, 3.8) is 0 Å². The molecule has 1 aromatic rings. The van der Waals surface area contributed by atoms with Crippen molar-refractivity contribution in [2.45, 2.75) is 42.9 Å². The Balaban J connectivity index is 2.39. The van der Waals surface area contributed by atoms with Crippen LogP contribution in [0, 0.1) is 0 Å². The van der Waals surface area contributed by atoms with Crippen LogP contribution in [0.4, 0.5) is 5.69 Å². The van der Waals surface area contributed by atoms with Crippen LogP contribution in [0.25, 0.3) is 0 Å². The van der Waals surface area contributed by atoms with E-state index in [0.717, 1.165) is 17.9 Å². The topological polar surface area (TPSA) is 33.3 Å². The number of halogens is 2. The van der Waals surface area contributed by atoms with E-state index < -0.39 is 0 Å². The van der Waals surface area contributed by atoms with Gasteiger partial charge in [0.25, 0.3) is 0 Å². The van der Waals surface area contributed by atoms with Crippen molar-refractivity contribution in [1.82, 2.24) is 5.43 Å². The Bertz CT molecular complexity index is 357. The molecule has 0 aliphatic carbocycles. The molecule has 19 heavy (non-hydrogen) atoms. The van der Waals surface area contributed by atoms with Crippen LogP contribution in [0.15, 0.2) is 24.3 Å². The average molecular weight is 394 g/mol. The second-order valence-electron chi connectivity index (χ2n) is 4.55. The number of nitrogens with one attached hydrogen (secondary N) is 2. The predicted molar refractivity (Wildman–Crippen MR) is 89.6 cm³/mol. The van der Waals surface area contributed by atoms with Crippen molar-refractivity contribution < 1.29 is 4.74 Å². The molecule has 3 atom stereocenters. The summed E-state index contributed by atoms with van der Waals surface area (Å²) >= 11 is 7.27. The van der Waals surface area contributed by atoms with E-state index in [4.69, 9.17) is 4.74 Å². The second kappa shape index (κ2) is 8.82. The van der Waals surface area contributed by atoms with Crippen LogP contribution >= 0.6 is 31.9 Å². The van der Waals surface area contributed by atoms with E-state index in [0.29, 0.717) is 22.3 Å². The summed E-state index contributed by atoms with van der Waals surface area (Å²) in [4.78, 5) is 0.920. The smallest absolute Gasteiger partial charge is 0.119 e. The minimum atomic E-state index is 0.326. The van der Waals surface area contributed by atoms with E-state index in [1.165, 1.54) is 0 Å². The third kappa shape index (κ3) is 6.63. The van der Waals surface area contributed by atoms with E-state index >= 15 is 0 Å². The normalized spacial score (nSPS) is 15.6. The molecule has 0 aliphatic rings. The fraction of sp³-hybridized carbons (Fsp3) is 0.571. The molecule has 1 rings (SSSR count). The first-order chi connectivity index (χ1) is 9.02. The Morgan fingerprint density at radius 1 is 1.16 bits per heavy atom. The highest BCUT2D eigenvalue weighted by Gasteiger charge is 2.15. The Kier molecular flexibility index (Phi) is 7.80. The van der Waals surface area contributed by atoms with Crippen LogP contribution in [0.3, 0.4) is 0 Å². The van der Waals surface area contributed by atoms with Crippen LogP contribution in [0.2, 0.25) is 0 Å². The lowest BCUT2D eigenvalue weighted by Crippen LogP contribution is -2.38. The molecule has 0 aromatic heterocycles. The number of rotatable bonds is 8. The van der Waals surface area contributed by atoms with Crippen molar-refractivity contribution >= 4 is 37.5 Å². The average Bonchev–Trinajstić information content (AvgIpc) is 2.37. The zero-order chi connectivity index (χ0) is 14.3. The zero-order valence-corrected chi connectivity index (χ0v) is 14.8. The zero-order valence-electron chi connectivity index (χ0n) is 11.6. The minimum absolute atomic E-state index is 0.326. The van der Waals surface area contributed by atoms with Gasteiger partial charge in [-0.3, -0.25) is 0 Å². The quantitative estimate of drug-likeness (QED) is 0.509. The molecule has 0 spiro atoms. The Morgan fingerprint density at radius 2 is 1.79 bits per heavy atom. The Morgan fingerprint density at radius 3 is 2.32 bits per heavy atom. The van der Waals surface area contributed by atoms with E-state index in [1.54, 1.807) is 0 Å². The number of ether oxygens (including phenoxy) is 1. The van der Waals surface area contributed by atoms with Gasteiger partial charge >= 0.3 is 0 Å². The van der Waals surface area contributed by atoms with Gasteiger partial charge in [-0.1, -0.05) is 38.8 Å². The molecule has 2 N–H and O–H groups in total. The molecule has 3 unspecified atom stereocenters. The van der Waals surface area contributed by atoms with E-state index in [-0.39, 0.29) is 0 Å². The SMILES string of the molecule is CCOc1ccc(NNC(C)C(Br)CC(C)Br)cc1. The van der Waals surface area contributed by atoms with Gasteiger partial charge in [0.1, 0.15) is 5.75 Å². The molecule has 3 nitrogen and oxygen atoms in total. The maximum atomic E-state index is 5.41. The first kappa shape index (κ1) is 16.8. The summed E-state index contributed by atoms with van der Waals surface area (Å²) in [5.41, 5.74) is 7.54. The van der Waals surface area contributed by atoms with Crippen LogP contribution in [-0.4, -0.2) is 22.3 Å². The second-order valence-corrected chi connectivity index (χ2v) is 7.29. The molecule has 0 saturated heterocycles. The third-order valence-electron chi connectivity index (χ3n) is 2.70. The molecule has 0 aliphatic heterocycles. The third-order valence-corrected chi connectivity index (χ3v) is 4.24. The molecule has 0 amide bonds. The predicted octanol–water partition coefficient (Wildman–Crippen LogP) is 4.33. The lowest BCUT2D eigenvalue weighted by molar-refractivity contribution is 0.340. The molecule has 0 radical (unpaired) electrons. The maximum Gasteiger partial charge on any atom is 0.119 e. The lowest BCUT2D eigenvalue weighted by atomic mass is 10.1. The largest absolute Gasteiger partial charge is 0.494 e. The molecule has 0 heterocycles. The summed E-state index contributed by atoms with van der Waals surface area (Å²) in [5, 5.41) is 0. The van der Waals surface area contributed by atoms with Gasteiger partial charge in [0, 0.05) is 21.4 Å². The summed E-state index contributed by atoms with van der Waals surface area (Å²) in [6, 6.07) is 8.25. The number of hydrazine groups is 1. The van der Waals surface area contributed by atoms with Gasteiger partial charge < -0.3 is 10.2 Å². The molecule has 1 aromatic carbocycles. The first-order valence-corrected chi connectivity index (χ1v) is 8.38. The molecule has 5 heteroatoms. The summed E-state index contributed by atoms with van der Waals surface area (Å²) in [5.74, 6) is 0.896. The molecule has 0 fully saturated rings. The molecular formula is C14H22Br2N2O. The van der Waals surface area contributed by atoms with Crippen LogP contribution in [0.5, 0.6) is 5.75 Å². The fourth-order valence-corrected chi connectivity index (χ4v) is 3.20. The molecule has 0 saturated carbocycles. The van der Waals surface area contributed by atoms with Gasteiger partial charge in [0.2, 0.25) is 0 Å². The van der Waals surface area contributed by atoms with Crippen molar-refractivity contribution in [3.8, 4) is 5.75 Å².